The van der Waals surface area contributed by atoms with Gasteiger partial charge in [-0.2, -0.15) is 0 Å². The smallest absolute Gasteiger partial charge is 0.171 e. The monoisotopic (exact) mass is 286 g/mol. The quantitative estimate of drug-likeness (QED) is 0.806. The molecule has 2 heterocycles. The van der Waals surface area contributed by atoms with Crippen LogP contribution in [0.15, 0.2) is 42.9 Å². The molecule has 0 atom stereocenters. The molecular weight excluding hydrogens is 264 g/mol. The number of rotatable bonds is 8. The number of hydrogen-bond donors (Lipinski definition) is 1. The van der Waals surface area contributed by atoms with E-state index in [2.05, 4.69) is 20.9 Å². The second-order valence-electron chi connectivity index (χ2n) is 4.68. The Morgan fingerprint density at radius 3 is 2.81 bits per heavy atom. The van der Waals surface area contributed by atoms with E-state index in [1.165, 1.54) is 0 Å². The third-order valence-electron chi connectivity index (χ3n) is 3.08. The number of pyridine rings is 2. The van der Waals surface area contributed by atoms with Crippen LogP contribution in [0.1, 0.15) is 18.9 Å². The van der Waals surface area contributed by atoms with Crippen molar-refractivity contribution in [2.45, 2.75) is 19.9 Å². The normalized spacial score (nSPS) is 10.4. The van der Waals surface area contributed by atoms with E-state index in [1.807, 2.05) is 31.3 Å². The lowest BCUT2D eigenvalue weighted by atomic mass is 10.2. The highest BCUT2D eigenvalue weighted by molar-refractivity contribution is 5.52. The van der Waals surface area contributed by atoms with Crippen molar-refractivity contribution in [1.29, 1.82) is 0 Å². The van der Waals surface area contributed by atoms with Crippen LogP contribution in [0.3, 0.4) is 0 Å². The summed E-state index contributed by atoms with van der Waals surface area (Å²) in [5.41, 5.74) is 6.80. The van der Waals surface area contributed by atoms with E-state index in [-0.39, 0.29) is 0 Å². The van der Waals surface area contributed by atoms with Crippen LogP contribution >= 0.6 is 0 Å². The van der Waals surface area contributed by atoms with Crippen LogP contribution in [0.5, 0.6) is 5.75 Å². The van der Waals surface area contributed by atoms with Gasteiger partial charge in [0, 0.05) is 31.7 Å². The molecule has 0 radical (unpaired) electrons. The standard InChI is InChI=1S/C16H22N4O/c1-2-21-15-7-4-10-19-16(15)20(11-5-8-17)13-14-6-3-9-18-12-14/h3-4,6-7,9-10,12H,2,5,8,11,13,17H2,1H3. The Hall–Kier alpha value is -2.14. The van der Waals surface area contributed by atoms with Gasteiger partial charge in [0.1, 0.15) is 0 Å². The SMILES string of the molecule is CCOc1cccnc1N(CCCN)Cc1cccnc1. The van der Waals surface area contributed by atoms with Crippen LogP contribution in [0, 0.1) is 0 Å². The molecule has 2 N–H and O–H groups in total. The van der Waals surface area contributed by atoms with Gasteiger partial charge in [-0.3, -0.25) is 4.98 Å². The van der Waals surface area contributed by atoms with E-state index in [1.54, 1.807) is 12.4 Å². The van der Waals surface area contributed by atoms with Gasteiger partial charge in [0.25, 0.3) is 0 Å². The molecule has 0 aromatic carbocycles. The van der Waals surface area contributed by atoms with Crippen LogP contribution in [-0.2, 0) is 6.54 Å². The van der Waals surface area contributed by atoms with Gasteiger partial charge in [-0.05, 0) is 43.7 Å². The molecule has 0 unspecified atom stereocenters. The van der Waals surface area contributed by atoms with Crippen LogP contribution in [0.4, 0.5) is 5.82 Å². The number of nitrogens with two attached hydrogens (primary N) is 1. The fourth-order valence-electron chi connectivity index (χ4n) is 2.14. The second-order valence-corrected chi connectivity index (χ2v) is 4.68. The lowest BCUT2D eigenvalue weighted by Crippen LogP contribution is -2.27. The summed E-state index contributed by atoms with van der Waals surface area (Å²) in [6, 6.07) is 7.84. The second kappa shape index (κ2) is 8.21. The molecule has 112 valence electrons. The highest BCUT2D eigenvalue weighted by atomic mass is 16.5. The van der Waals surface area contributed by atoms with E-state index in [4.69, 9.17) is 10.5 Å². The Labute approximate surface area is 125 Å². The predicted octanol–water partition coefficient (Wildman–Crippen LogP) is 2.23. The molecular formula is C16H22N4O. The maximum absolute atomic E-state index is 5.68. The first kappa shape index (κ1) is 15.3. The van der Waals surface area contributed by atoms with Crippen molar-refractivity contribution in [3.05, 3.63) is 48.4 Å². The Morgan fingerprint density at radius 1 is 1.24 bits per heavy atom. The predicted molar refractivity (Wildman–Crippen MR) is 84.4 cm³/mol. The van der Waals surface area contributed by atoms with Crippen molar-refractivity contribution in [2.24, 2.45) is 5.73 Å². The molecule has 0 aliphatic carbocycles. The summed E-state index contributed by atoms with van der Waals surface area (Å²) >= 11 is 0. The first-order chi connectivity index (χ1) is 10.3. The molecule has 0 saturated carbocycles. The summed E-state index contributed by atoms with van der Waals surface area (Å²) in [5, 5.41) is 0. The first-order valence-corrected chi connectivity index (χ1v) is 7.27. The van der Waals surface area contributed by atoms with Gasteiger partial charge in [-0.15, -0.1) is 0 Å². The molecule has 0 saturated heterocycles. The van der Waals surface area contributed by atoms with Gasteiger partial charge in [0.05, 0.1) is 6.61 Å². The lowest BCUT2D eigenvalue weighted by molar-refractivity contribution is 0.338. The molecule has 2 aromatic heterocycles. The van der Waals surface area contributed by atoms with E-state index in [9.17, 15) is 0 Å². The highest BCUT2D eigenvalue weighted by Gasteiger charge is 2.13. The molecule has 2 rings (SSSR count). The third kappa shape index (κ3) is 4.43. The Balaban J connectivity index is 2.23. The Bertz CT molecular complexity index is 533. The number of nitrogens with zero attached hydrogens (tertiary/aromatic N) is 3. The van der Waals surface area contributed by atoms with E-state index in [0.717, 1.165) is 36.6 Å². The lowest BCUT2D eigenvalue weighted by Gasteiger charge is -2.25. The molecule has 0 bridgehead atoms. The Kier molecular flexibility index (Phi) is 5.97. The summed E-state index contributed by atoms with van der Waals surface area (Å²) in [6.45, 7) is 4.83. The van der Waals surface area contributed by atoms with Crippen molar-refractivity contribution in [2.75, 3.05) is 24.6 Å². The molecule has 5 heteroatoms. The number of hydrogen-bond acceptors (Lipinski definition) is 5. The molecule has 0 fully saturated rings. The molecule has 2 aromatic rings. The van der Waals surface area contributed by atoms with Gasteiger partial charge >= 0.3 is 0 Å². The average molecular weight is 286 g/mol. The van der Waals surface area contributed by atoms with E-state index in [0.29, 0.717) is 13.2 Å². The van der Waals surface area contributed by atoms with Gasteiger partial charge in [-0.1, -0.05) is 6.07 Å². The fourth-order valence-corrected chi connectivity index (χ4v) is 2.14. The molecule has 0 aliphatic rings. The summed E-state index contributed by atoms with van der Waals surface area (Å²) in [5.74, 6) is 1.66. The summed E-state index contributed by atoms with van der Waals surface area (Å²) in [4.78, 5) is 10.8. The van der Waals surface area contributed by atoms with Gasteiger partial charge < -0.3 is 15.4 Å². The number of ether oxygens (including phenoxy) is 1. The first-order valence-electron chi connectivity index (χ1n) is 7.27. The summed E-state index contributed by atoms with van der Waals surface area (Å²) in [7, 11) is 0. The van der Waals surface area contributed by atoms with E-state index < -0.39 is 0 Å². The van der Waals surface area contributed by atoms with Gasteiger partial charge in [0.2, 0.25) is 0 Å². The molecule has 0 amide bonds. The van der Waals surface area contributed by atoms with Crippen molar-refractivity contribution in [3.63, 3.8) is 0 Å². The van der Waals surface area contributed by atoms with Crippen molar-refractivity contribution in [3.8, 4) is 5.75 Å². The van der Waals surface area contributed by atoms with Crippen molar-refractivity contribution in [1.82, 2.24) is 9.97 Å². The topological polar surface area (TPSA) is 64.3 Å². The summed E-state index contributed by atoms with van der Waals surface area (Å²) in [6.07, 6.45) is 6.35. The number of anilines is 1. The van der Waals surface area contributed by atoms with Crippen molar-refractivity contribution >= 4 is 5.82 Å². The largest absolute Gasteiger partial charge is 0.490 e. The molecule has 0 aliphatic heterocycles. The van der Waals surface area contributed by atoms with Gasteiger partial charge in [-0.25, -0.2) is 4.98 Å². The minimum atomic E-state index is 0.621. The summed E-state index contributed by atoms with van der Waals surface area (Å²) < 4.78 is 5.68. The maximum Gasteiger partial charge on any atom is 0.171 e. The fraction of sp³-hybridized carbons (Fsp3) is 0.375. The van der Waals surface area contributed by atoms with Crippen molar-refractivity contribution < 1.29 is 4.74 Å². The zero-order chi connectivity index (χ0) is 14.9. The molecule has 5 nitrogen and oxygen atoms in total. The molecule has 0 spiro atoms. The van der Waals surface area contributed by atoms with Crippen LogP contribution in [0.2, 0.25) is 0 Å². The van der Waals surface area contributed by atoms with Crippen LogP contribution in [0.25, 0.3) is 0 Å². The average Bonchev–Trinajstić information content (AvgIpc) is 2.53. The minimum absolute atomic E-state index is 0.621. The van der Waals surface area contributed by atoms with Crippen LogP contribution in [-0.4, -0.2) is 29.7 Å². The zero-order valence-corrected chi connectivity index (χ0v) is 12.4. The Morgan fingerprint density at radius 2 is 2.10 bits per heavy atom. The van der Waals surface area contributed by atoms with Gasteiger partial charge in [0.15, 0.2) is 11.6 Å². The highest BCUT2D eigenvalue weighted by Crippen LogP contribution is 2.26. The van der Waals surface area contributed by atoms with Crippen LogP contribution < -0.4 is 15.4 Å². The minimum Gasteiger partial charge on any atom is -0.490 e. The zero-order valence-electron chi connectivity index (χ0n) is 12.4. The maximum atomic E-state index is 5.68. The number of aromatic nitrogens is 2. The molecule has 21 heavy (non-hydrogen) atoms. The third-order valence-corrected chi connectivity index (χ3v) is 3.08. The van der Waals surface area contributed by atoms with E-state index >= 15 is 0 Å².